The van der Waals surface area contributed by atoms with Gasteiger partial charge in [-0.1, -0.05) is 226 Å². The van der Waals surface area contributed by atoms with Crippen LogP contribution in [0.3, 0.4) is 0 Å². The molecule has 0 saturated carbocycles. The van der Waals surface area contributed by atoms with Gasteiger partial charge in [0.25, 0.3) is 0 Å². The van der Waals surface area contributed by atoms with Gasteiger partial charge in [0.15, 0.2) is 6.29 Å². The zero-order valence-corrected chi connectivity index (χ0v) is 44.9. The van der Waals surface area contributed by atoms with Crippen LogP contribution < -0.4 is 5.32 Å². The molecule has 9 nitrogen and oxygen atoms in total. The second-order valence-corrected chi connectivity index (χ2v) is 19.3. The topological polar surface area (TPSA) is 149 Å². The van der Waals surface area contributed by atoms with Gasteiger partial charge in [-0.3, -0.25) is 4.79 Å². The first kappa shape index (κ1) is 65.9. The molecule has 0 aromatic rings. The molecule has 71 heavy (non-hydrogen) atoms. The Labute approximate surface area is 434 Å². The van der Waals surface area contributed by atoms with Gasteiger partial charge in [-0.2, -0.15) is 0 Å². The lowest BCUT2D eigenvalue weighted by Gasteiger charge is -2.40. The SMILES string of the molecule is CC/C=C\C/C=C\C/C=C\C/C=C\C/C=C\C/C=C\CCCCCCC(=O)NC(COC1OC(CO)C(O)C(O)C1O)C(O)/C=C/CC/C=C/CC/C=C/CCCCCCCCCCCCCCCCC. The summed E-state index contributed by atoms with van der Waals surface area (Å²) in [6.45, 7) is 3.63. The van der Waals surface area contributed by atoms with Crippen LogP contribution in [-0.2, 0) is 14.3 Å². The maximum absolute atomic E-state index is 13.0. The smallest absolute Gasteiger partial charge is 0.220 e. The number of hydrogen-bond acceptors (Lipinski definition) is 8. The molecule has 1 aliphatic rings. The Balaban J connectivity index is 2.32. The molecular weight excluding hydrogens is 887 g/mol. The van der Waals surface area contributed by atoms with Crippen molar-refractivity contribution >= 4 is 5.91 Å². The molecule has 6 N–H and O–H groups in total. The summed E-state index contributed by atoms with van der Waals surface area (Å²) in [5, 5.41) is 54.5. The third-order valence-electron chi connectivity index (χ3n) is 12.8. The van der Waals surface area contributed by atoms with Crippen LogP contribution in [0.15, 0.2) is 109 Å². The van der Waals surface area contributed by atoms with Gasteiger partial charge in [0, 0.05) is 6.42 Å². The van der Waals surface area contributed by atoms with E-state index >= 15 is 0 Å². The number of aliphatic hydroxyl groups excluding tert-OH is 5. The van der Waals surface area contributed by atoms with Crippen molar-refractivity contribution in [1.29, 1.82) is 0 Å². The summed E-state index contributed by atoms with van der Waals surface area (Å²) in [7, 11) is 0. The van der Waals surface area contributed by atoms with Crippen molar-refractivity contribution in [3.8, 4) is 0 Å². The molecule has 9 heteroatoms. The van der Waals surface area contributed by atoms with E-state index in [1.54, 1.807) is 6.08 Å². The zero-order valence-electron chi connectivity index (χ0n) is 44.9. The van der Waals surface area contributed by atoms with Crippen LogP contribution in [0.25, 0.3) is 0 Å². The lowest BCUT2D eigenvalue weighted by Crippen LogP contribution is -2.60. The fourth-order valence-corrected chi connectivity index (χ4v) is 8.31. The number of ether oxygens (including phenoxy) is 2. The first-order valence-electron chi connectivity index (χ1n) is 28.6. The number of nitrogens with one attached hydrogen (secondary N) is 1. The lowest BCUT2D eigenvalue weighted by molar-refractivity contribution is -0.302. The first-order chi connectivity index (χ1) is 34.8. The van der Waals surface area contributed by atoms with E-state index in [0.29, 0.717) is 12.8 Å². The van der Waals surface area contributed by atoms with Crippen molar-refractivity contribution < 1.29 is 39.8 Å². The number of unbranched alkanes of at least 4 members (excludes halogenated alkanes) is 21. The van der Waals surface area contributed by atoms with E-state index in [2.05, 4.69) is 116 Å². The molecule has 1 fully saturated rings. The summed E-state index contributed by atoms with van der Waals surface area (Å²) in [5.74, 6) is -0.219. The van der Waals surface area contributed by atoms with Crippen molar-refractivity contribution in [3.05, 3.63) is 109 Å². The Bertz CT molecular complexity index is 1480. The van der Waals surface area contributed by atoms with E-state index in [0.717, 1.165) is 96.3 Å². The predicted octanol–water partition coefficient (Wildman–Crippen LogP) is 14.2. The number of carbonyl (C=O) groups is 1. The second kappa shape index (κ2) is 50.4. The fourth-order valence-electron chi connectivity index (χ4n) is 8.31. The second-order valence-electron chi connectivity index (χ2n) is 19.3. The van der Waals surface area contributed by atoms with Crippen LogP contribution in [0.5, 0.6) is 0 Å². The molecule has 7 unspecified atom stereocenters. The number of allylic oxidation sites excluding steroid dienone is 17. The van der Waals surface area contributed by atoms with Crippen molar-refractivity contribution in [2.75, 3.05) is 13.2 Å². The van der Waals surface area contributed by atoms with Crippen LogP contribution in [0.2, 0.25) is 0 Å². The van der Waals surface area contributed by atoms with Gasteiger partial charge >= 0.3 is 0 Å². The summed E-state index contributed by atoms with van der Waals surface area (Å²) in [4.78, 5) is 13.0. The average molecular weight is 993 g/mol. The number of rotatable bonds is 47. The Morgan fingerprint density at radius 1 is 0.493 bits per heavy atom. The maximum Gasteiger partial charge on any atom is 0.220 e. The number of hydrogen-bond donors (Lipinski definition) is 6. The monoisotopic (exact) mass is 992 g/mol. The normalized spacial score (nSPS) is 20.1. The van der Waals surface area contributed by atoms with Crippen molar-refractivity contribution in [2.24, 2.45) is 0 Å². The highest BCUT2D eigenvalue weighted by Crippen LogP contribution is 2.23. The molecule has 7 atom stereocenters. The molecule has 0 radical (unpaired) electrons. The first-order valence-corrected chi connectivity index (χ1v) is 28.6. The predicted molar refractivity (Wildman–Crippen MR) is 299 cm³/mol. The Morgan fingerprint density at radius 2 is 0.887 bits per heavy atom. The summed E-state index contributed by atoms with van der Waals surface area (Å²) in [6.07, 6.45) is 67.2. The molecule has 1 heterocycles. The average Bonchev–Trinajstić information content (AvgIpc) is 3.37. The fraction of sp³-hybridized carbons (Fsp3) is 0.694. The standard InChI is InChI=1S/C62H105NO8/c1-3-5-7-9-11-13-15-17-19-21-23-25-27-28-30-31-33-35-37-39-41-43-45-47-49-51-56(65)55(54-70-62-61(69)60(68)59(67)57(53-64)71-62)63-58(66)52-50-48-46-44-42-40-38-36-34-32-29-26-24-22-20-18-16-14-12-10-8-6-4-2/h6,8,12,14,18,20,24,26,32-35,38,40-41,43,49,51,55-57,59-62,64-65,67-69H,3-5,7,9-11,13,15-17,19,21-23,25,27-31,36-37,39,42,44-48,50,52-54H2,1-2H3,(H,63,66)/b8-6-,14-12-,20-18-,26-24-,34-32-,35-33+,40-38-,43-41+,51-49+. The van der Waals surface area contributed by atoms with Gasteiger partial charge in [0.1, 0.15) is 24.4 Å². The highest BCUT2D eigenvalue weighted by Gasteiger charge is 2.44. The number of amides is 1. The van der Waals surface area contributed by atoms with E-state index in [9.17, 15) is 30.3 Å². The van der Waals surface area contributed by atoms with E-state index < -0.39 is 49.5 Å². The summed E-state index contributed by atoms with van der Waals surface area (Å²) < 4.78 is 11.2. The highest BCUT2D eigenvalue weighted by atomic mass is 16.7. The van der Waals surface area contributed by atoms with Gasteiger partial charge in [-0.15, -0.1) is 0 Å². The molecule has 0 spiro atoms. The van der Waals surface area contributed by atoms with Crippen LogP contribution in [0.4, 0.5) is 0 Å². The van der Waals surface area contributed by atoms with Gasteiger partial charge in [-0.25, -0.2) is 0 Å². The maximum atomic E-state index is 13.0. The Hall–Kier alpha value is -3.15. The number of aliphatic hydroxyl groups is 5. The van der Waals surface area contributed by atoms with Crippen molar-refractivity contribution in [2.45, 2.75) is 262 Å². The van der Waals surface area contributed by atoms with Crippen molar-refractivity contribution in [1.82, 2.24) is 5.32 Å². The third-order valence-corrected chi connectivity index (χ3v) is 12.8. The van der Waals surface area contributed by atoms with E-state index in [4.69, 9.17) is 9.47 Å². The summed E-state index contributed by atoms with van der Waals surface area (Å²) in [5.41, 5.74) is 0. The largest absolute Gasteiger partial charge is 0.394 e. The summed E-state index contributed by atoms with van der Waals surface area (Å²) >= 11 is 0. The minimum atomic E-state index is -1.59. The molecule has 406 valence electrons. The molecule has 1 saturated heterocycles. The molecular formula is C62H105NO8. The molecule has 0 bridgehead atoms. The summed E-state index contributed by atoms with van der Waals surface area (Å²) in [6, 6.07) is -0.851. The highest BCUT2D eigenvalue weighted by molar-refractivity contribution is 5.76. The minimum Gasteiger partial charge on any atom is -0.394 e. The molecule has 1 aliphatic heterocycles. The zero-order chi connectivity index (χ0) is 51.5. The van der Waals surface area contributed by atoms with E-state index in [-0.39, 0.29) is 12.5 Å². The van der Waals surface area contributed by atoms with Crippen LogP contribution in [-0.4, -0.2) is 87.5 Å². The van der Waals surface area contributed by atoms with E-state index in [1.807, 2.05) is 6.08 Å². The molecule has 0 aliphatic carbocycles. The molecule has 0 aromatic heterocycles. The van der Waals surface area contributed by atoms with Gasteiger partial charge in [-0.05, 0) is 96.3 Å². The van der Waals surface area contributed by atoms with Gasteiger partial charge < -0.3 is 40.3 Å². The third kappa shape index (κ3) is 40.0. The van der Waals surface area contributed by atoms with E-state index in [1.165, 1.54) is 96.3 Å². The molecule has 0 aromatic carbocycles. The number of carbonyl (C=O) groups excluding carboxylic acids is 1. The van der Waals surface area contributed by atoms with Crippen molar-refractivity contribution in [3.63, 3.8) is 0 Å². The van der Waals surface area contributed by atoms with Gasteiger partial charge in [0.05, 0.1) is 25.4 Å². The Morgan fingerprint density at radius 3 is 1.35 bits per heavy atom. The van der Waals surface area contributed by atoms with Crippen LogP contribution in [0.1, 0.15) is 219 Å². The minimum absolute atomic E-state index is 0.219. The van der Waals surface area contributed by atoms with Crippen LogP contribution in [0, 0.1) is 0 Å². The Kier molecular flexibility index (Phi) is 46.7. The molecule has 1 amide bonds. The van der Waals surface area contributed by atoms with Gasteiger partial charge in [0.2, 0.25) is 5.91 Å². The molecule has 1 rings (SSSR count). The van der Waals surface area contributed by atoms with Crippen LogP contribution >= 0.6 is 0 Å². The lowest BCUT2D eigenvalue weighted by atomic mass is 9.99. The quantitative estimate of drug-likeness (QED) is 0.0261.